The quantitative estimate of drug-likeness (QED) is 0.830. The Morgan fingerprint density at radius 2 is 2.31 bits per heavy atom. The van der Waals surface area contributed by atoms with Gasteiger partial charge in [0.05, 0.1) is 17.9 Å². The monoisotopic (exact) mass is 218 g/mol. The molecule has 0 fully saturated rings. The normalized spacial score (nSPS) is 12.3. The Balaban J connectivity index is 2.27. The van der Waals surface area contributed by atoms with Gasteiger partial charge in [-0.05, 0) is 19.1 Å². The smallest absolute Gasteiger partial charge is 0.358 e. The molecule has 16 heavy (non-hydrogen) atoms. The molecule has 6 heteroatoms. The molecule has 6 nitrogen and oxygen atoms in total. The van der Waals surface area contributed by atoms with Crippen molar-refractivity contribution in [1.82, 2.24) is 20.0 Å². The number of aromatic nitrogens is 4. The molecule has 0 aliphatic heterocycles. The fraction of sp³-hybridized carbons (Fsp3) is 0.200. The van der Waals surface area contributed by atoms with E-state index in [9.17, 15) is 4.79 Å². The zero-order chi connectivity index (χ0) is 11.5. The lowest BCUT2D eigenvalue weighted by Crippen LogP contribution is -2.09. The summed E-state index contributed by atoms with van der Waals surface area (Å²) in [7, 11) is 0. The third-order valence-electron chi connectivity index (χ3n) is 2.24. The van der Waals surface area contributed by atoms with Crippen LogP contribution < -0.4 is 0 Å². The molecule has 0 aromatic carbocycles. The van der Waals surface area contributed by atoms with Gasteiger partial charge in [0.25, 0.3) is 0 Å². The van der Waals surface area contributed by atoms with Crippen LogP contribution in [0.15, 0.2) is 30.6 Å². The number of pyridine rings is 1. The summed E-state index contributed by atoms with van der Waals surface area (Å²) in [6.45, 7) is 1.88. The Morgan fingerprint density at radius 3 is 2.88 bits per heavy atom. The molecule has 0 spiro atoms. The first-order valence-corrected chi connectivity index (χ1v) is 4.74. The molecule has 2 rings (SSSR count). The maximum absolute atomic E-state index is 10.6. The Labute approximate surface area is 91.6 Å². The zero-order valence-electron chi connectivity index (χ0n) is 8.61. The predicted octanol–water partition coefficient (Wildman–Crippen LogP) is 0.981. The Morgan fingerprint density at radius 1 is 1.50 bits per heavy atom. The highest BCUT2D eigenvalue weighted by Crippen LogP contribution is 2.13. The van der Waals surface area contributed by atoms with Crippen molar-refractivity contribution in [3.63, 3.8) is 0 Å². The van der Waals surface area contributed by atoms with E-state index in [1.165, 1.54) is 10.9 Å². The van der Waals surface area contributed by atoms with Crippen molar-refractivity contribution in [3.8, 4) is 0 Å². The third-order valence-corrected chi connectivity index (χ3v) is 2.24. The van der Waals surface area contributed by atoms with Crippen molar-refractivity contribution in [3.05, 3.63) is 42.0 Å². The number of aromatic carboxylic acids is 1. The lowest BCUT2D eigenvalue weighted by molar-refractivity contribution is 0.0690. The van der Waals surface area contributed by atoms with Crippen LogP contribution in [0.2, 0.25) is 0 Å². The van der Waals surface area contributed by atoms with Crippen LogP contribution in [0, 0.1) is 0 Å². The van der Waals surface area contributed by atoms with Crippen molar-refractivity contribution < 1.29 is 9.90 Å². The van der Waals surface area contributed by atoms with E-state index < -0.39 is 5.97 Å². The van der Waals surface area contributed by atoms with Gasteiger partial charge in [0, 0.05) is 6.20 Å². The van der Waals surface area contributed by atoms with E-state index in [4.69, 9.17) is 5.11 Å². The molecular formula is C10H10N4O2. The molecule has 2 aromatic heterocycles. The Kier molecular flexibility index (Phi) is 2.63. The molecule has 0 bridgehead atoms. The van der Waals surface area contributed by atoms with Gasteiger partial charge in [-0.15, -0.1) is 5.10 Å². The standard InChI is InChI=1S/C10H10N4O2/c1-7(8-4-2-3-5-11-8)14-6-9(10(15)16)12-13-14/h2-7H,1H3,(H,15,16)/t7-/m1/s1. The fourth-order valence-corrected chi connectivity index (χ4v) is 1.32. The molecule has 0 amide bonds. The van der Waals surface area contributed by atoms with Crippen molar-refractivity contribution in [2.45, 2.75) is 13.0 Å². The minimum atomic E-state index is -1.08. The maximum Gasteiger partial charge on any atom is 0.358 e. The molecule has 2 heterocycles. The lowest BCUT2D eigenvalue weighted by Gasteiger charge is -2.09. The summed E-state index contributed by atoms with van der Waals surface area (Å²) >= 11 is 0. The minimum absolute atomic E-state index is 0.0669. The molecule has 82 valence electrons. The van der Waals surface area contributed by atoms with Crippen molar-refractivity contribution in [2.24, 2.45) is 0 Å². The van der Waals surface area contributed by atoms with Gasteiger partial charge >= 0.3 is 5.97 Å². The highest BCUT2D eigenvalue weighted by atomic mass is 16.4. The molecule has 0 radical (unpaired) electrons. The largest absolute Gasteiger partial charge is 0.476 e. The maximum atomic E-state index is 10.6. The van der Waals surface area contributed by atoms with Crippen LogP contribution in [-0.4, -0.2) is 31.1 Å². The molecule has 0 saturated heterocycles. The van der Waals surface area contributed by atoms with E-state index >= 15 is 0 Å². The lowest BCUT2D eigenvalue weighted by atomic mass is 10.2. The Hall–Kier alpha value is -2.24. The van der Waals surface area contributed by atoms with Crippen LogP contribution in [0.4, 0.5) is 0 Å². The second-order valence-corrected chi connectivity index (χ2v) is 3.32. The van der Waals surface area contributed by atoms with E-state index in [-0.39, 0.29) is 11.7 Å². The van der Waals surface area contributed by atoms with Gasteiger partial charge in [0.1, 0.15) is 0 Å². The van der Waals surface area contributed by atoms with Crippen LogP contribution in [-0.2, 0) is 0 Å². The second kappa shape index (κ2) is 4.09. The van der Waals surface area contributed by atoms with Gasteiger partial charge in [-0.3, -0.25) is 4.98 Å². The molecule has 0 aliphatic rings. The summed E-state index contributed by atoms with van der Waals surface area (Å²) < 4.78 is 1.48. The molecule has 0 aliphatic carbocycles. The Bertz CT molecular complexity index is 495. The number of carboxylic acid groups (broad SMARTS) is 1. The zero-order valence-corrected chi connectivity index (χ0v) is 8.61. The van der Waals surface area contributed by atoms with Gasteiger partial charge in [0.2, 0.25) is 0 Å². The summed E-state index contributed by atoms with van der Waals surface area (Å²) in [5, 5.41) is 16.0. The number of rotatable bonds is 3. The summed E-state index contributed by atoms with van der Waals surface area (Å²) in [5.74, 6) is -1.08. The van der Waals surface area contributed by atoms with Crippen LogP contribution in [0.25, 0.3) is 0 Å². The number of hydrogen-bond acceptors (Lipinski definition) is 4. The summed E-state index contributed by atoms with van der Waals surface area (Å²) in [4.78, 5) is 14.8. The summed E-state index contributed by atoms with van der Waals surface area (Å²) in [6, 6.07) is 5.41. The summed E-state index contributed by atoms with van der Waals surface area (Å²) in [6.07, 6.45) is 3.07. The second-order valence-electron chi connectivity index (χ2n) is 3.32. The molecule has 0 saturated carbocycles. The predicted molar refractivity (Wildman–Crippen MR) is 55.0 cm³/mol. The fourth-order valence-electron chi connectivity index (χ4n) is 1.32. The topological polar surface area (TPSA) is 80.9 Å². The van der Waals surface area contributed by atoms with Gasteiger partial charge in [-0.25, -0.2) is 9.48 Å². The first-order valence-electron chi connectivity index (χ1n) is 4.74. The number of carbonyl (C=O) groups is 1. The molecule has 1 atom stereocenters. The van der Waals surface area contributed by atoms with E-state index in [1.807, 2.05) is 25.1 Å². The minimum Gasteiger partial charge on any atom is -0.476 e. The van der Waals surface area contributed by atoms with Crippen LogP contribution in [0.1, 0.15) is 29.1 Å². The molecule has 0 unspecified atom stereocenters. The number of nitrogens with zero attached hydrogens (tertiary/aromatic N) is 4. The van der Waals surface area contributed by atoms with Crippen LogP contribution in [0.5, 0.6) is 0 Å². The van der Waals surface area contributed by atoms with Crippen molar-refractivity contribution in [2.75, 3.05) is 0 Å². The third kappa shape index (κ3) is 1.90. The van der Waals surface area contributed by atoms with E-state index in [0.717, 1.165) is 5.69 Å². The average Bonchev–Trinajstić information content (AvgIpc) is 2.78. The SMILES string of the molecule is C[C@H](c1ccccn1)n1cc(C(=O)O)nn1. The molecule has 2 aromatic rings. The molecule has 1 N–H and O–H groups in total. The van der Waals surface area contributed by atoms with E-state index in [0.29, 0.717) is 0 Å². The average molecular weight is 218 g/mol. The van der Waals surface area contributed by atoms with Gasteiger partial charge in [0.15, 0.2) is 5.69 Å². The number of carboxylic acids is 1. The first kappa shape index (κ1) is 10.3. The van der Waals surface area contributed by atoms with Crippen molar-refractivity contribution in [1.29, 1.82) is 0 Å². The van der Waals surface area contributed by atoms with Gasteiger partial charge in [-0.1, -0.05) is 11.3 Å². The van der Waals surface area contributed by atoms with E-state index in [2.05, 4.69) is 15.3 Å². The van der Waals surface area contributed by atoms with Gasteiger partial charge < -0.3 is 5.11 Å². The van der Waals surface area contributed by atoms with E-state index in [1.54, 1.807) is 6.20 Å². The van der Waals surface area contributed by atoms with Gasteiger partial charge in [-0.2, -0.15) is 0 Å². The van der Waals surface area contributed by atoms with Crippen LogP contribution in [0.3, 0.4) is 0 Å². The highest BCUT2D eigenvalue weighted by molar-refractivity contribution is 5.84. The van der Waals surface area contributed by atoms with Crippen molar-refractivity contribution >= 4 is 5.97 Å². The summed E-state index contributed by atoms with van der Waals surface area (Å²) in [5.41, 5.74) is 0.743. The number of hydrogen-bond donors (Lipinski definition) is 1. The highest BCUT2D eigenvalue weighted by Gasteiger charge is 2.14. The first-order chi connectivity index (χ1) is 7.68. The van der Waals surface area contributed by atoms with Crippen LogP contribution >= 0.6 is 0 Å². The molecular weight excluding hydrogens is 208 g/mol.